The van der Waals surface area contributed by atoms with Crippen molar-refractivity contribution in [2.75, 3.05) is 19.1 Å². The highest BCUT2D eigenvalue weighted by Crippen LogP contribution is 2.44. The van der Waals surface area contributed by atoms with Crippen molar-refractivity contribution in [2.24, 2.45) is 0 Å². The Balaban J connectivity index is 1.88. The van der Waals surface area contributed by atoms with E-state index in [1.165, 1.54) is 20.5 Å². The Morgan fingerprint density at radius 3 is 2.50 bits per heavy atom. The van der Waals surface area contributed by atoms with Crippen LogP contribution < -0.4 is 9.64 Å². The van der Waals surface area contributed by atoms with E-state index in [4.69, 9.17) is 13.9 Å². The number of aryl methyl sites for hydroxylation is 1. The van der Waals surface area contributed by atoms with E-state index in [9.17, 15) is 19.5 Å². The Morgan fingerprint density at radius 1 is 1.19 bits per heavy atom. The molecule has 9 nitrogen and oxygen atoms in total. The molecule has 3 aromatic rings. The largest absolute Gasteiger partial charge is 0.507 e. The molecule has 0 saturated carbocycles. The van der Waals surface area contributed by atoms with Crippen molar-refractivity contribution in [1.29, 1.82) is 0 Å². The zero-order valence-corrected chi connectivity index (χ0v) is 18.1. The minimum Gasteiger partial charge on any atom is -0.507 e. The maximum Gasteiger partial charge on any atom is 0.350 e. The summed E-state index contributed by atoms with van der Waals surface area (Å²) in [6.45, 7) is 1.60. The number of aliphatic hydroxyl groups excluding tert-OH is 1. The minimum atomic E-state index is -1.07. The first-order valence-corrected chi connectivity index (χ1v) is 10.2. The molecule has 1 fully saturated rings. The summed E-state index contributed by atoms with van der Waals surface area (Å²) in [5.41, 5.74) is 0.528. The second kappa shape index (κ2) is 8.31. The number of benzene rings is 1. The van der Waals surface area contributed by atoms with Gasteiger partial charge >= 0.3 is 11.9 Å². The zero-order chi connectivity index (χ0) is 23.0. The van der Waals surface area contributed by atoms with Gasteiger partial charge in [-0.2, -0.15) is 0 Å². The molecular weight excluding hydrogens is 436 g/mol. The molecule has 1 unspecified atom stereocenters. The highest BCUT2D eigenvalue weighted by atomic mass is 32.1. The smallest absolute Gasteiger partial charge is 0.350 e. The van der Waals surface area contributed by atoms with Gasteiger partial charge in [-0.3, -0.25) is 14.5 Å². The summed E-state index contributed by atoms with van der Waals surface area (Å²) in [7, 11) is 2.75. The number of anilines is 1. The number of ketones is 1. The molecule has 1 aliphatic rings. The summed E-state index contributed by atoms with van der Waals surface area (Å²) in [5, 5.41) is 11.1. The molecule has 0 aliphatic carbocycles. The number of hydrogen-bond donors (Lipinski definition) is 1. The lowest BCUT2D eigenvalue weighted by atomic mass is 9.99. The predicted molar refractivity (Wildman–Crippen MR) is 115 cm³/mol. The van der Waals surface area contributed by atoms with Crippen LogP contribution in [0.3, 0.4) is 0 Å². The van der Waals surface area contributed by atoms with Crippen molar-refractivity contribution in [3.05, 3.63) is 70.1 Å². The average Bonchev–Trinajstić information content (AvgIpc) is 3.52. The van der Waals surface area contributed by atoms with Gasteiger partial charge < -0.3 is 19.0 Å². The van der Waals surface area contributed by atoms with Crippen LogP contribution in [0.15, 0.2) is 52.7 Å². The van der Waals surface area contributed by atoms with E-state index < -0.39 is 23.7 Å². The molecular formula is C22H18N2O7S. The maximum atomic E-state index is 13.0. The van der Waals surface area contributed by atoms with Gasteiger partial charge in [-0.15, -0.1) is 0 Å². The molecule has 3 heterocycles. The van der Waals surface area contributed by atoms with Gasteiger partial charge in [-0.1, -0.05) is 11.3 Å². The lowest BCUT2D eigenvalue weighted by molar-refractivity contribution is -0.132. The van der Waals surface area contributed by atoms with E-state index in [2.05, 4.69) is 4.98 Å². The van der Waals surface area contributed by atoms with Gasteiger partial charge in [0.25, 0.3) is 5.78 Å². The van der Waals surface area contributed by atoms with E-state index in [0.29, 0.717) is 17.0 Å². The maximum absolute atomic E-state index is 13.0. The monoisotopic (exact) mass is 454 g/mol. The third-order valence-corrected chi connectivity index (χ3v) is 6.12. The number of carbonyl (C=O) groups is 3. The van der Waals surface area contributed by atoms with Crippen molar-refractivity contribution in [3.8, 4) is 5.75 Å². The summed E-state index contributed by atoms with van der Waals surface area (Å²) >= 11 is 0.916. The fourth-order valence-corrected chi connectivity index (χ4v) is 4.43. The Morgan fingerprint density at radius 2 is 1.91 bits per heavy atom. The van der Waals surface area contributed by atoms with E-state index in [1.807, 2.05) is 0 Å². The number of Topliss-reactive ketones (excluding diaryl/α,β-unsaturated/α-hetero) is 1. The van der Waals surface area contributed by atoms with Crippen LogP contribution in [-0.4, -0.2) is 42.0 Å². The Hall–Kier alpha value is -3.92. The van der Waals surface area contributed by atoms with E-state index in [0.717, 1.165) is 16.2 Å². The van der Waals surface area contributed by atoms with Crippen LogP contribution in [0.5, 0.6) is 5.75 Å². The fourth-order valence-electron chi connectivity index (χ4n) is 3.42. The SMILES string of the molecule is COC(=O)c1sc(N2C(=O)C(=O)/C(=C(\O)c3ccc(OC)cc3)C2c2ccco2)nc1C. The Bertz CT molecular complexity index is 1230. The highest BCUT2D eigenvalue weighted by Gasteiger charge is 2.49. The second-order valence-corrected chi connectivity index (χ2v) is 7.79. The highest BCUT2D eigenvalue weighted by molar-refractivity contribution is 7.17. The van der Waals surface area contributed by atoms with Crippen LogP contribution in [0.2, 0.25) is 0 Å². The standard InChI is InChI=1S/C22H18N2O7S/c1-11-19(21(28)30-3)32-22(23-11)24-16(14-5-4-10-31-14)15(18(26)20(24)27)17(25)12-6-8-13(29-2)9-7-12/h4-10,16,25H,1-3H3/b17-15-. The number of aromatic nitrogens is 1. The van der Waals surface area contributed by atoms with Crippen molar-refractivity contribution >= 4 is 39.9 Å². The van der Waals surface area contributed by atoms with Crippen molar-refractivity contribution in [3.63, 3.8) is 0 Å². The lowest BCUT2D eigenvalue weighted by Gasteiger charge is -2.20. The quantitative estimate of drug-likeness (QED) is 0.269. The van der Waals surface area contributed by atoms with Crippen molar-refractivity contribution < 1.29 is 33.4 Å². The second-order valence-electron chi connectivity index (χ2n) is 6.82. The topological polar surface area (TPSA) is 119 Å². The van der Waals surface area contributed by atoms with Gasteiger partial charge in [0.15, 0.2) is 5.13 Å². The van der Waals surface area contributed by atoms with Gasteiger partial charge in [-0.05, 0) is 43.3 Å². The summed E-state index contributed by atoms with van der Waals surface area (Å²) in [6, 6.07) is 8.53. The van der Waals surface area contributed by atoms with Crippen LogP contribution in [0.1, 0.15) is 32.7 Å². The number of hydrogen-bond acceptors (Lipinski definition) is 9. The number of nitrogens with zero attached hydrogens (tertiary/aromatic N) is 2. The zero-order valence-electron chi connectivity index (χ0n) is 17.3. The van der Waals surface area contributed by atoms with Gasteiger partial charge in [0.05, 0.1) is 31.7 Å². The summed E-state index contributed by atoms with van der Waals surface area (Å²) in [4.78, 5) is 43.7. The first-order chi connectivity index (χ1) is 15.4. The Labute approximate surface area is 186 Å². The predicted octanol–water partition coefficient (Wildman–Crippen LogP) is 3.47. The molecule has 0 bridgehead atoms. The average molecular weight is 454 g/mol. The minimum absolute atomic E-state index is 0.111. The molecule has 2 aromatic heterocycles. The van der Waals surface area contributed by atoms with Gasteiger partial charge in [-0.25, -0.2) is 9.78 Å². The van der Waals surface area contributed by atoms with Crippen LogP contribution in [0, 0.1) is 6.92 Å². The van der Waals surface area contributed by atoms with Crippen LogP contribution >= 0.6 is 11.3 Å². The molecule has 0 spiro atoms. The van der Waals surface area contributed by atoms with E-state index in [-0.39, 0.29) is 27.1 Å². The van der Waals surface area contributed by atoms with Crippen LogP contribution in [-0.2, 0) is 14.3 Å². The molecule has 10 heteroatoms. The molecule has 1 atom stereocenters. The van der Waals surface area contributed by atoms with Crippen molar-refractivity contribution in [2.45, 2.75) is 13.0 Å². The molecule has 1 amide bonds. The number of furan rings is 1. The number of rotatable bonds is 5. The summed E-state index contributed by atoms with van der Waals surface area (Å²) in [5.74, 6) is -1.93. The van der Waals surface area contributed by atoms with E-state index >= 15 is 0 Å². The number of methoxy groups -OCH3 is 2. The third kappa shape index (κ3) is 3.44. The molecule has 1 N–H and O–H groups in total. The van der Waals surface area contributed by atoms with Crippen LogP contribution in [0.4, 0.5) is 5.13 Å². The number of aliphatic hydroxyl groups is 1. The lowest BCUT2D eigenvalue weighted by Crippen LogP contribution is -2.29. The molecule has 164 valence electrons. The van der Waals surface area contributed by atoms with Crippen LogP contribution in [0.25, 0.3) is 5.76 Å². The molecule has 1 aromatic carbocycles. The molecule has 4 rings (SSSR count). The molecule has 32 heavy (non-hydrogen) atoms. The number of carbonyl (C=O) groups excluding carboxylic acids is 3. The molecule has 1 saturated heterocycles. The summed E-state index contributed by atoms with van der Waals surface area (Å²) in [6.07, 6.45) is 1.40. The third-order valence-electron chi connectivity index (χ3n) is 4.98. The number of ether oxygens (including phenoxy) is 2. The molecule has 1 aliphatic heterocycles. The van der Waals surface area contributed by atoms with E-state index in [1.54, 1.807) is 43.3 Å². The normalized spacial score (nSPS) is 17.6. The van der Waals surface area contributed by atoms with Gasteiger partial charge in [0.1, 0.15) is 28.2 Å². The summed E-state index contributed by atoms with van der Waals surface area (Å²) < 4.78 is 15.4. The van der Waals surface area contributed by atoms with Gasteiger partial charge in [0, 0.05) is 5.56 Å². The number of amides is 1. The first-order valence-electron chi connectivity index (χ1n) is 9.42. The first kappa shape index (κ1) is 21.3. The Kier molecular flexibility index (Phi) is 5.54. The van der Waals surface area contributed by atoms with Gasteiger partial charge in [0.2, 0.25) is 0 Å². The number of thiazole rings is 1. The molecule has 0 radical (unpaired) electrons. The fraction of sp³-hybridized carbons (Fsp3) is 0.182. The van der Waals surface area contributed by atoms with Crippen molar-refractivity contribution in [1.82, 2.24) is 4.98 Å². The number of esters is 1.